The third kappa shape index (κ3) is 2.57. The number of nitrogen functional groups attached to an aromatic ring is 1. The highest BCUT2D eigenvalue weighted by Gasteiger charge is 1.96. The van der Waals surface area contributed by atoms with Crippen LogP contribution in [-0.4, -0.2) is 26.9 Å². The second kappa shape index (κ2) is 4.92. The molecule has 1 aromatic heterocycles. The quantitative estimate of drug-likeness (QED) is 0.778. The van der Waals surface area contributed by atoms with Gasteiger partial charge in [0.25, 0.3) is 5.95 Å². The zero-order chi connectivity index (χ0) is 11.2. The van der Waals surface area contributed by atoms with Crippen molar-refractivity contribution in [3.05, 3.63) is 42.0 Å². The van der Waals surface area contributed by atoms with E-state index in [0.717, 1.165) is 5.56 Å². The Morgan fingerprint density at radius 3 is 2.81 bits per heavy atom. The van der Waals surface area contributed by atoms with Gasteiger partial charge in [0.05, 0.1) is 6.54 Å². The monoisotopic (exact) mass is 216 g/mol. The summed E-state index contributed by atoms with van der Waals surface area (Å²) >= 11 is 0. The van der Waals surface area contributed by atoms with Crippen molar-refractivity contribution < 1.29 is 0 Å². The van der Waals surface area contributed by atoms with Crippen LogP contribution in [0.1, 0.15) is 5.56 Å². The first-order valence-corrected chi connectivity index (χ1v) is 4.85. The lowest BCUT2D eigenvalue weighted by atomic mass is 10.2. The van der Waals surface area contributed by atoms with Crippen LogP contribution in [-0.2, 0) is 0 Å². The summed E-state index contributed by atoms with van der Waals surface area (Å²) in [5.41, 5.74) is 9.55. The SMILES string of the molecule is Nc1nnnn1NC/C=C/c1ccccc1. The summed E-state index contributed by atoms with van der Waals surface area (Å²) in [6, 6.07) is 10.0. The molecule has 0 amide bonds. The number of nitrogens with zero attached hydrogens (tertiary/aromatic N) is 4. The van der Waals surface area contributed by atoms with Crippen LogP contribution in [0.5, 0.6) is 0 Å². The number of tetrazole rings is 1. The maximum atomic E-state index is 5.47. The van der Waals surface area contributed by atoms with Crippen LogP contribution in [0.15, 0.2) is 36.4 Å². The molecular formula is C10H12N6. The molecule has 0 saturated carbocycles. The molecule has 3 N–H and O–H groups in total. The van der Waals surface area contributed by atoms with E-state index in [1.165, 1.54) is 4.79 Å². The van der Waals surface area contributed by atoms with Gasteiger partial charge in [-0.3, -0.25) is 0 Å². The van der Waals surface area contributed by atoms with Crippen LogP contribution in [0, 0.1) is 0 Å². The number of nitrogens with two attached hydrogens (primary N) is 1. The van der Waals surface area contributed by atoms with Crippen LogP contribution in [0.2, 0.25) is 0 Å². The lowest BCUT2D eigenvalue weighted by Crippen LogP contribution is -2.18. The van der Waals surface area contributed by atoms with Gasteiger partial charge < -0.3 is 11.2 Å². The third-order valence-electron chi connectivity index (χ3n) is 1.96. The highest BCUT2D eigenvalue weighted by Crippen LogP contribution is 2.00. The molecule has 0 atom stereocenters. The minimum absolute atomic E-state index is 0.244. The van der Waals surface area contributed by atoms with E-state index in [2.05, 4.69) is 21.0 Å². The fourth-order valence-corrected chi connectivity index (χ4v) is 1.20. The van der Waals surface area contributed by atoms with Crippen molar-refractivity contribution in [2.24, 2.45) is 0 Å². The van der Waals surface area contributed by atoms with Gasteiger partial charge >= 0.3 is 0 Å². The third-order valence-corrected chi connectivity index (χ3v) is 1.96. The second-order valence-electron chi connectivity index (χ2n) is 3.12. The van der Waals surface area contributed by atoms with Crippen molar-refractivity contribution in [2.45, 2.75) is 0 Å². The standard InChI is InChI=1S/C10H12N6/c11-10-13-14-15-16(10)12-8-4-7-9-5-2-1-3-6-9/h1-7,12H,8H2,(H2,11,13,15)/b7-4+. The molecule has 0 radical (unpaired) electrons. The average Bonchev–Trinajstić information content (AvgIpc) is 2.72. The number of hydrogen-bond acceptors (Lipinski definition) is 5. The van der Waals surface area contributed by atoms with E-state index in [-0.39, 0.29) is 5.95 Å². The van der Waals surface area contributed by atoms with Crippen molar-refractivity contribution in [3.8, 4) is 0 Å². The Balaban J connectivity index is 1.85. The first kappa shape index (κ1) is 10.2. The summed E-state index contributed by atoms with van der Waals surface area (Å²) in [4.78, 5) is 1.33. The van der Waals surface area contributed by atoms with Crippen molar-refractivity contribution >= 4 is 12.0 Å². The molecule has 2 aromatic rings. The summed E-state index contributed by atoms with van der Waals surface area (Å²) < 4.78 is 0. The number of anilines is 1. The van der Waals surface area contributed by atoms with Gasteiger partial charge in [0.1, 0.15) is 0 Å². The molecule has 16 heavy (non-hydrogen) atoms. The van der Waals surface area contributed by atoms with Crippen LogP contribution >= 0.6 is 0 Å². The van der Waals surface area contributed by atoms with Crippen molar-refractivity contribution in [3.63, 3.8) is 0 Å². The normalized spacial score (nSPS) is 10.8. The number of rotatable bonds is 4. The van der Waals surface area contributed by atoms with Gasteiger partial charge in [0, 0.05) is 0 Å². The minimum atomic E-state index is 0.244. The van der Waals surface area contributed by atoms with E-state index >= 15 is 0 Å². The number of benzene rings is 1. The highest BCUT2D eigenvalue weighted by atomic mass is 15.7. The first-order chi connectivity index (χ1) is 7.86. The molecular weight excluding hydrogens is 204 g/mol. The van der Waals surface area contributed by atoms with Crippen molar-refractivity contribution in [1.29, 1.82) is 0 Å². The minimum Gasteiger partial charge on any atom is -0.365 e. The molecule has 82 valence electrons. The van der Waals surface area contributed by atoms with Gasteiger partial charge in [-0.05, 0) is 16.0 Å². The highest BCUT2D eigenvalue weighted by molar-refractivity contribution is 5.48. The maximum Gasteiger partial charge on any atom is 0.260 e. The second-order valence-corrected chi connectivity index (χ2v) is 3.12. The Labute approximate surface area is 92.7 Å². The molecule has 6 nitrogen and oxygen atoms in total. The lowest BCUT2D eigenvalue weighted by Gasteiger charge is -2.01. The van der Waals surface area contributed by atoms with Crippen molar-refractivity contribution in [2.75, 3.05) is 17.7 Å². The number of aromatic nitrogens is 4. The summed E-state index contributed by atoms with van der Waals surface area (Å²) in [5, 5.41) is 10.6. The van der Waals surface area contributed by atoms with Crippen LogP contribution in [0.4, 0.5) is 5.95 Å². The molecule has 0 aliphatic carbocycles. The van der Waals surface area contributed by atoms with Gasteiger partial charge in [-0.2, -0.15) is 0 Å². The predicted molar refractivity (Wildman–Crippen MR) is 61.9 cm³/mol. The molecule has 0 aliphatic rings. The molecule has 6 heteroatoms. The Kier molecular flexibility index (Phi) is 3.12. The molecule has 0 bridgehead atoms. The Morgan fingerprint density at radius 1 is 1.31 bits per heavy atom. The van der Waals surface area contributed by atoms with Gasteiger partial charge in [-0.15, -0.1) is 4.79 Å². The van der Waals surface area contributed by atoms with Crippen LogP contribution in [0.3, 0.4) is 0 Å². The largest absolute Gasteiger partial charge is 0.365 e. The summed E-state index contributed by atoms with van der Waals surface area (Å²) in [7, 11) is 0. The average molecular weight is 216 g/mol. The summed E-state index contributed by atoms with van der Waals surface area (Å²) in [6.07, 6.45) is 3.98. The number of hydrogen-bond donors (Lipinski definition) is 2. The molecule has 0 fully saturated rings. The van der Waals surface area contributed by atoms with Crippen LogP contribution in [0.25, 0.3) is 6.08 Å². The van der Waals surface area contributed by atoms with E-state index in [4.69, 9.17) is 5.73 Å². The zero-order valence-electron chi connectivity index (χ0n) is 8.61. The van der Waals surface area contributed by atoms with E-state index in [1.807, 2.05) is 42.5 Å². The van der Waals surface area contributed by atoms with Gasteiger partial charge in [0.2, 0.25) is 0 Å². The Hall–Kier alpha value is -2.37. The molecule has 0 spiro atoms. The fourth-order valence-electron chi connectivity index (χ4n) is 1.20. The van der Waals surface area contributed by atoms with Gasteiger partial charge in [-0.1, -0.05) is 47.6 Å². The Morgan fingerprint density at radius 2 is 2.12 bits per heavy atom. The topological polar surface area (TPSA) is 81.7 Å². The van der Waals surface area contributed by atoms with Gasteiger partial charge in [0.15, 0.2) is 0 Å². The summed E-state index contributed by atoms with van der Waals surface area (Å²) in [5.74, 6) is 0.244. The van der Waals surface area contributed by atoms with E-state index < -0.39 is 0 Å². The molecule has 2 rings (SSSR count). The lowest BCUT2D eigenvalue weighted by molar-refractivity contribution is 0.714. The van der Waals surface area contributed by atoms with Crippen molar-refractivity contribution in [1.82, 2.24) is 20.3 Å². The zero-order valence-corrected chi connectivity index (χ0v) is 8.61. The fraction of sp³-hybridized carbons (Fsp3) is 0.100. The molecule has 1 aromatic carbocycles. The summed E-state index contributed by atoms with van der Waals surface area (Å²) in [6.45, 7) is 0.601. The smallest absolute Gasteiger partial charge is 0.260 e. The van der Waals surface area contributed by atoms with E-state index in [0.29, 0.717) is 6.54 Å². The van der Waals surface area contributed by atoms with E-state index in [9.17, 15) is 0 Å². The first-order valence-electron chi connectivity index (χ1n) is 4.85. The molecule has 1 heterocycles. The van der Waals surface area contributed by atoms with Crippen LogP contribution < -0.4 is 11.2 Å². The predicted octanol–water partition coefficient (Wildman–Crippen LogP) is 0.512. The van der Waals surface area contributed by atoms with Gasteiger partial charge in [-0.25, -0.2) is 0 Å². The maximum absolute atomic E-state index is 5.47. The molecule has 0 aliphatic heterocycles. The van der Waals surface area contributed by atoms with E-state index in [1.54, 1.807) is 0 Å². The Bertz CT molecular complexity index is 461. The molecule has 0 saturated heterocycles. The molecule has 0 unspecified atom stereocenters. The number of nitrogens with one attached hydrogen (secondary N) is 1.